The van der Waals surface area contributed by atoms with Crippen LogP contribution in [-0.2, 0) is 6.54 Å². The number of aromatic nitrogens is 2. The molecule has 0 bridgehead atoms. The number of aliphatic hydroxyl groups excluding tert-OH is 1. The minimum absolute atomic E-state index is 0. The average Bonchev–Trinajstić information content (AvgIpc) is 3.25. The van der Waals surface area contributed by atoms with Gasteiger partial charge in [0.2, 0.25) is 0 Å². The molecule has 9 heteroatoms. The lowest BCUT2D eigenvalue weighted by atomic mass is 10.1. The number of nitrogens with zero attached hydrogens (tertiary/aromatic N) is 3. The molecule has 3 N–H and O–H groups in total. The topological polar surface area (TPSA) is 83.2 Å². The van der Waals surface area contributed by atoms with Gasteiger partial charge in [-0.2, -0.15) is 0 Å². The molecule has 0 saturated carbocycles. The van der Waals surface area contributed by atoms with Crippen LogP contribution in [0.25, 0.3) is 4.96 Å². The highest BCUT2D eigenvalue weighted by atomic mass is 127. The van der Waals surface area contributed by atoms with Gasteiger partial charge >= 0.3 is 0 Å². The maximum absolute atomic E-state index is 10.5. The Hall–Kier alpha value is -1.85. The van der Waals surface area contributed by atoms with Gasteiger partial charge in [0.15, 0.2) is 10.9 Å². The van der Waals surface area contributed by atoms with E-state index in [1.807, 2.05) is 67.2 Å². The van der Waals surface area contributed by atoms with Crippen LogP contribution in [0.4, 0.5) is 0 Å². The summed E-state index contributed by atoms with van der Waals surface area (Å²) in [4.78, 5) is 10.1. The number of fused-ring (bicyclic) bond motifs is 1. The second-order valence-corrected chi connectivity index (χ2v) is 7.53. The quantitative estimate of drug-likeness (QED) is 0.236. The molecule has 0 aliphatic heterocycles. The summed E-state index contributed by atoms with van der Waals surface area (Å²) in [6.45, 7) is 7.55. The van der Waals surface area contributed by atoms with Crippen molar-refractivity contribution in [3.05, 3.63) is 53.3 Å². The molecule has 7 nitrogen and oxygen atoms in total. The zero-order chi connectivity index (χ0) is 19.9. The largest absolute Gasteiger partial charge is 0.491 e. The number of benzene rings is 1. The molecule has 1 aromatic carbocycles. The number of hydrogen-bond donors (Lipinski definition) is 3. The van der Waals surface area contributed by atoms with Crippen LogP contribution in [0, 0.1) is 0 Å². The summed E-state index contributed by atoms with van der Waals surface area (Å²) in [6.07, 6.45) is 3.45. The first-order chi connectivity index (χ1) is 13.5. The van der Waals surface area contributed by atoms with Crippen molar-refractivity contribution in [1.29, 1.82) is 0 Å². The van der Waals surface area contributed by atoms with Crippen LogP contribution in [0.1, 0.15) is 38.1 Å². The summed E-state index contributed by atoms with van der Waals surface area (Å²) < 4.78 is 7.63. The Bertz CT molecular complexity index is 879. The molecule has 0 amide bonds. The molecule has 0 aliphatic rings. The molecule has 2 aromatic heterocycles. The number of ether oxygens (including phenoxy) is 1. The third kappa shape index (κ3) is 6.86. The Kier molecular flexibility index (Phi) is 9.18. The van der Waals surface area contributed by atoms with Crippen molar-refractivity contribution in [2.75, 3.05) is 13.1 Å². The van der Waals surface area contributed by atoms with Gasteiger partial charge in [-0.1, -0.05) is 12.1 Å². The van der Waals surface area contributed by atoms with Crippen LogP contribution in [0.2, 0.25) is 0 Å². The van der Waals surface area contributed by atoms with Crippen LogP contribution in [0.15, 0.2) is 47.0 Å². The second-order valence-electron chi connectivity index (χ2n) is 6.65. The van der Waals surface area contributed by atoms with Gasteiger partial charge in [-0.3, -0.25) is 4.40 Å². The molecule has 3 rings (SSSR count). The zero-order valence-corrected chi connectivity index (χ0v) is 20.0. The fraction of sp³-hybridized carbons (Fsp3) is 0.400. The Labute approximate surface area is 192 Å². The molecule has 0 aliphatic carbocycles. The lowest BCUT2D eigenvalue weighted by Crippen LogP contribution is -2.39. The molecule has 3 aromatic rings. The predicted octanol–water partition coefficient (Wildman–Crippen LogP) is 3.59. The van der Waals surface area contributed by atoms with Gasteiger partial charge < -0.3 is 20.5 Å². The lowest BCUT2D eigenvalue weighted by molar-refractivity contribution is 0.180. The molecule has 29 heavy (non-hydrogen) atoms. The maximum atomic E-state index is 10.5. The maximum Gasteiger partial charge on any atom is 0.193 e. The first-order valence-corrected chi connectivity index (χ1v) is 10.3. The molecule has 2 heterocycles. The number of halogens is 1. The van der Waals surface area contributed by atoms with E-state index in [0.717, 1.165) is 28.5 Å². The van der Waals surface area contributed by atoms with Crippen molar-refractivity contribution >= 4 is 46.2 Å². The summed E-state index contributed by atoms with van der Waals surface area (Å²) in [5.41, 5.74) is 1.74. The Morgan fingerprint density at radius 3 is 2.69 bits per heavy atom. The van der Waals surface area contributed by atoms with Crippen LogP contribution < -0.4 is 15.4 Å². The van der Waals surface area contributed by atoms with E-state index in [0.29, 0.717) is 19.0 Å². The molecular formula is C20H28IN5O2S. The van der Waals surface area contributed by atoms with Crippen LogP contribution >= 0.6 is 35.3 Å². The summed E-state index contributed by atoms with van der Waals surface area (Å²) in [5.74, 6) is 1.45. The van der Waals surface area contributed by atoms with Gasteiger partial charge in [-0.15, -0.1) is 35.3 Å². The van der Waals surface area contributed by atoms with Crippen LogP contribution in [0.5, 0.6) is 5.75 Å². The lowest BCUT2D eigenvalue weighted by Gasteiger charge is -2.16. The van der Waals surface area contributed by atoms with Gasteiger partial charge in [0.25, 0.3) is 0 Å². The number of imidazole rings is 1. The Balaban J connectivity index is 0.00000300. The molecule has 0 radical (unpaired) electrons. The van der Waals surface area contributed by atoms with Crippen molar-refractivity contribution in [2.45, 2.75) is 39.5 Å². The number of hydrogen-bond acceptors (Lipinski definition) is 5. The number of aliphatic hydroxyl groups is 1. The highest BCUT2D eigenvalue weighted by molar-refractivity contribution is 14.0. The summed E-state index contributed by atoms with van der Waals surface area (Å²) in [6, 6.07) is 7.52. The normalized spacial score (nSPS) is 12.7. The first-order valence-electron chi connectivity index (χ1n) is 9.43. The van der Waals surface area contributed by atoms with Crippen molar-refractivity contribution in [2.24, 2.45) is 4.99 Å². The van der Waals surface area contributed by atoms with E-state index in [2.05, 4.69) is 20.6 Å². The fourth-order valence-corrected chi connectivity index (χ4v) is 3.42. The average molecular weight is 529 g/mol. The van der Waals surface area contributed by atoms with Gasteiger partial charge in [0, 0.05) is 30.9 Å². The molecule has 158 valence electrons. The summed E-state index contributed by atoms with van der Waals surface area (Å²) >= 11 is 1.60. The van der Waals surface area contributed by atoms with Gasteiger partial charge in [-0.05, 0) is 38.5 Å². The van der Waals surface area contributed by atoms with E-state index in [4.69, 9.17) is 4.74 Å². The molecule has 0 fully saturated rings. The summed E-state index contributed by atoms with van der Waals surface area (Å²) in [7, 11) is 0. The van der Waals surface area contributed by atoms with Crippen molar-refractivity contribution in [1.82, 2.24) is 20.0 Å². The standard InChI is InChI=1S/C20H27N5O2S.HI/c1-4-21-19(22-11-16-13-25-9-10-28-20(25)24-16)23-12-18(26)15-5-7-17(8-6-15)27-14(2)3;/h5-10,13-14,18,26H,4,11-12H2,1-3H3,(H2,21,22,23);1H. The summed E-state index contributed by atoms with van der Waals surface area (Å²) in [5, 5.41) is 18.8. The third-order valence-electron chi connectivity index (χ3n) is 3.99. The van der Waals surface area contributed by atoms with E-state index in [9.17, 15) is 5.11 Å². The second kappa shape index (κ2) is 11.4. The zero-order valence-electron chi connectivity index (χ0n) is 16.8. The first kappa shape index (κ1) is 23.4. The van der Waals surface area contributed by atoms with Crippen molar-refractivity contribution in [3.63, 3.8) is 0 Å². The van der Waals surface area contributed by atoms with Crippen LogP contribution in [0.3, 0.4) is 0 Å². The highest BCUT2D eigenvalue weighted by Crippen LogP contribution is 2.18. The number of guanidine groups is 1. The van der Waals surface area contributed by atoms with Gasteiger partial charge in [0.1, 0.15) is 5.75 Å². The van der Waals surface area contributed by atoms with E-state index >= 15 is 0 Å². The minimum Gasteiger partial charge on any atom is -0.491 e. The fourth-order valence-electron chi connectivity index (χ4n) is 2.71. The highest BCUT2D eigenvalue weighted by Gasteiger charge is 2.10. The monoisotopic (exact) mass is 529 g/mol. The van der Waals surface area contributed by atoms with E-state index in [1.54, 1.807) is 11.3 Å². The third-order valence-corrected chi connectivity index (χ3v) is 4.76. The van der Waals surface area contributed by atoms with Crippen molar-refractivity contribution < 1.29 is 9.84 Å². The smallest absolute Gasteiger partial charge is 0.193 e. The number of nitrogens with one attached hydrogen (secondary N) is 2. The van der Waals surface area contributed by atoms with Crippen LogP contribution in [-0.4, -0.2) is 39.6 Å². The van der Waals surface area contributed by atoms with Crippen molar-refractivity contribution in [3.8, 4) is 5.75 Å². The molecule has 1 unspecified atom stereocenters. The molecular weight excluding hydrogens is 501 g/mol. The molecule has 0 spiro atoms. The number of aliphatic imine (C=N–C) groups is 1. The van der Waals surface area contributed by atoms with E-state index in [1.165, 1.54) is 0 Å². The number of thiazole rings is 1. The van der Waals surface area contributed by atoms with E-state index in [-0.39, 0.29) is 30.1 Å². The minimum atomic E-state index is -0.644. The predicted molar refractivity (Wildman–Crippen MR) is 128 cm³/mol. The van der Waals surface area contributed by atoms with E-state index < -0.39 is 6.10 Å². The number of rotatable bonds is 8. The Morgan fingerprint density at radius 2 is 2.03 bits per heavy atom. The SMILES string of the molecule is CCNC(=NCc1cn2ccsc2n1)NCC(O)c1ccc(OC(C)C)cc1.I. The Morgan fingerprint density at radius 1 is 1.28 bits per heavy atom. The van der Waals surface area contributed by atoms with Gasteiger partial charge in [-0.25, -0.2) is 9.98 Å². The van der Waals surface area contributed by atoms with Gasteiger partial charge in [0.05, 0.1) is 24.4 Å². The molecule has 1 atom stereocenters. The molecule has 0 saturated heterocycles.